The van der Waals surface area contributed by atoms with Crippen LogP contribution in [-0.2, 0) is 0 Å². The number of nitrogens with two attached hydrogens (primary N) is 1. The first kappa shape index (κ1) is 11.0. The molecule has 0 heterocycles. The van der Waals surface area contributed by atoms with Gasteiger partial charge in [-0.2, -0.15) is 0 Å². The highest BCUT2D eigenvalue weighted by Gasteiger charge is 1.68. The van der Waals surface area contributed by atoms with E-state index in [1.54, 1.807) is 0 Å². The Kier molecular flexibility index (Phi) is 14.1. The van der Waals surface area contributed by atoms with Gasteiger partial charge in [-0.1, -0.05) is 6.92 Å². The first-order chi connectivity index (χ1) is 3.41. The molecular weight excluding hydrogens is 166 g/mol. The molecule has 2 heteroatoms. The highest BCUT2D eigenvalue weighted by atomic mass is 79.9. The highest BCUT2D eigenvalue weighted by molar-refractivity contribution is 4.66. The molecule has 0 saturated heterocycles. The Morgan fingerprint density at radius 1 is 1.38 bits per heavy atom. The van der Waals surface area contributed by atoms with Crippen LogP contribution in [0.2, 0.25) is 0 Å². The molecule has 0 unspecified atom stereocenters. The lowest BCUT2D eigenvalue weighted by Gasteiger charge is -1.81. The van der Waals surface area contributed by atoms with Crippen molar-refractivity contribution in [2.75, 3.05) is 6.54 Å². The van der Waals surface area contributed by atoms with E-state index >= 15 is 0 Å². The Labute approximate surface area is 61.9 Å². The molecule has 0 radical (unpaired) electrons. The molecular formula is C6H14BrN. The molecule has 0 bridgehead atoms. The molecule has 0 saturated carbocycles. The second-order valence-corrected chi connectivity index (χ2v) is 1.48. The molecule has 0 aromatic heterocycles. The zero-order valence-corrected chi connectivity index (χ0v) is 7.11. The quantitative estimate of drug-likeness (QED) is 0.494. The molecule has 0 atom stereocenters. The van der Waals surface area contributed by atoms with Crippen LogP contribution in [0.25, 0.3) is 0 Å². The topological polar surface area (TPSA) is 16.6 Å². The lowest BCUT2D eigenvalue weighted by molar-refractivity contribution is -0.584. The number of allylic oxidation sites excluding steroid dienone is 1. The summed E-state index contributed by atoms with van der Waals surface area (Å²) < 4.78 is 0. The van der Waals surface area contributed by atoms with Crippen molar-refractivity contribution in [3.8, 4) is 0 Å². The zero-order chi connectivity index (χ0) is 5.54. The number of quaternary nitrogens is 1. The molecule has 0 aromatic rings. The molecule has 0 aliphatic rings. The smallest absolute Gasteiger partial charge is 0.0885 e. The molecule has 0 fully saturated rings. The van der Waals surface area contributed by atoms with Gasteiger partial charge in [0.1, 0.15) is 0 Å². The fraction of sp³-hybridized carbons (Fsp3) is 0.667. The van der Waals surface area contributed by atoms with Crippen molar-refractivity contribution >= 4 is 0 Å². The average molecular weight is 180 g/mol. The van der Waals surface area contributed by atoms with E-state index in [0.29, 0.717) is 0 Å². The molecule has 0 aromatic carbocycles. The molecule has 1 nitrogen and oxygen atoms in total. The zero-order valence-electron chi connectivity index (χ0n) is 5.52. The summed E-state index contributed by atoms with van der Waals surface area (Å²) in [4.78, 5) is 0. The van der Waals surface area contributed by atoms with Crippen LogP contribution in [0.4, 0.5) is 0 Å². The van der Waals surface area contributed by atoms with Crippen molar-refractivity contribution < 1.29 is 22.3 Å². The Bertz CT molecular complexity index is 52.5. The Morgan fingerprint density at radius 2 is 2.00 bits per heavy atom. The van der Waals surface area contributed by atoms with Crippen LogP contribution in [-0.4, -0.2) is 6.54 Å². The van der Waals surface area contributed by atoms with E-state index in [1.807, 2.05) is 0 Å². The SMILES string of the molecule is CC/C=C/[NH2+]CC.[Br-]. The molecule has 0 aliphatic heterocycles. The summed E-state index contributed by atoms with van der Waals surface area (Å²) in [6.07, 6.45) is 5.42. The van der Waals surface area contributed by atoms with E-state index in [1.165, 1.54) is 0 Å². The van der Waals surface area contributed by atoms with Crippen molar-refractivity contribution in [1.29, 1.82) is 0 Å². The fourth-order valence-electron chi connectivity index (χ4n) is 0.368. The van der Waals surface area contributed by atoms with Gasteiger partial charge in [-0.15, -0.1) is 0 Å². The van der Waals surface area contributed by atoms with E-state index in [0.717, 1.165) is 13.0 Å². The van der Waals surface area contributed by atoms with Gasteiger partial charge in [0.2, 0.25) is 0 Å². The molecule has 8 heavy (non-hydrogen) atoms. The predicted octanol–water partition coefficient (Wildman–Crippen LogP) is -2.50. The Morgan fingerprint density at radius 3 is 2.38 bits per heavy atom. The van der Waals surface area contributed by atoms with Gasteiger partial charge in [-0.05, 0) is 19.4 Å². The lowest BCUT2D eigenvalue weighted by atomic mass is 10.5. The van der Waals surface area contributed by atoms with Crippen LogP contribution in [0.15, 0.2) is 12.3 Å². The maximum absolute atomic E-state index is 2.16. The van der Waals surface area contributed by atoms with Gasteiger partial charge in [-0.3, -0.25) is 0 Å². The van der Waals surface area contributed by atoms with Crippen molar-refractivity contribution in [3.05, 3.63) is 12.3 Å². The van der Waals surface area contributed by atoms with Crippen LogP contribution in [0.3, 0.4) is 0 Å². The first-order valence-electron chi connectivity index (χ1n) is 2.90. The number of halogens is 1. The largest absolute Gasteiger partial charge is 1.00 e. The van der Waals surface area contributed by atoms with Crippen LogP contribution >= 0.6 is 0 Å². The summed E-state index contributed by atoms with van der Waals surface area (Å²) in [5, 5.41) is 2.16. The van der Waals surface area contributed by atoms with Crippen LogP contribution in [0.5, 0.6) is 0 Å². The third kappa shape index (κ3) is 9.49. The van der Waals surface area contributed by atoms with Gasteiger partial charge >= 0.3 is 0 Å². The summed E-state index contributed by atoms with van der Waals surface area (Å²) in [7, 11) is 0. The predicted molar refractivity (Wildman–Crippen MR) is 31.9 cm³/mol. The highest BCUT2D eigenvalue weighted by Crippen LogP contribution is 1.69. The second kappa shape index (κ2) is 10.2. The van der Waals surface area contributed by atoms with E-state index in [4.69, 9.17) is 0 Å². The molecule has 2 N–H and O–H groups in total. The van der Waals surface area contributed by atoms with Gasteiger partial charge in [0, 0.05) is 0 Å². The minimum atomic E-state index is 0. The second-order valence-electron chi connectivity index (χ2n) is 1.48. The van der Waals surface area contributed by atoms with E-state index in [2.05, 4.69) is 31.4 Å². The van der Waals surface area contributed by atoms with Gasteiger partial charge in [0.25, 0.3) is 0 Å². The van der Waals surface area contributed by atoms with E-state index < -0.39 is 0 Å². The average Bonchev–Trinajstić information content (AvgIpc) is 1.69. The molecule has 0 spiro atoms. The summed E-state index contributed by atoms with van der Waals surface area (Å²) in [6.45, 7) is 5.43. The minimum absolute atomic E-state index is 0. The standard InChI is InChI=1S/C6H13N.BrH/c1-3-5-6-7-4-2;/h5-7H,3-4H2,1-2H3;1H/b6-5+;. The van der Waals surface area contributed by atoms with E-state index in [9.17, 15) is 0 Å². The van der Waals surface area contributed by atoms with Gasteiger partial charge < -0.3 is 22.3 Å². The lowest BCUT2D eigenvalue weighted by Crippen LogP contribution is -3.00. The van der Waals surface area contributed by atoms with Gasteiger partial charge in [-0.25, -0.2) is 0 Å². The van der Waals surface area contributed by atoms with Crippen LogP contribution in [0.1, 0.15) is 20.3 Å². The fourth-order valence-corrected chi connectivity index (χ4v) is 0.368. The Hall–Kier alpha value is 0.180. The van der Waals surface area contributed by atoms with Crippen LogP contribution in [0, 0.1) is 0 Å². The molecule has 0 rings (SSSR count). The van der Waals surface area contributed by atoms with Gasteiger partial charge in [0.05, 0.1) is 12.7 Å². The van der Waals surface area contributed by atoms with Crippen molar-refractivity contribution in [3.63, 3.8) is 0 Å². The molecule has 0 amide bonds. The number of hydrogen-bond donors (Lipinski definition) is 1. The third-order valence-corrected chi connectivity index (χ3v) is 0.744. The third-order valence-electron chi connectivity index (χ3n) is 0.744. The number of rotatable bonds is 3. The summed E-state index contributed by atoms with van der Waals surface area (Å²) in [5.41, 5.74) is 0. The van der Waals surface area contributed by atoms with Crippen LogP contribution < -0.4 is 22.3 Å². The normalized spacial score (nSPS) is 9.25. The maximum atomic E-state index is 2.16. The van der Waals surface area contributed by atoms with Crippen molar-refractivity contribution in [1.82, 2.24) is 0 Å². The molecule has 0 aliphatic carbocycles. The number of hydrogen-bond acceptors (Lipinski definition) is 0. The first-order valence-corrected chi connectivity index (χ1v) is 2.90. The van der Waals surface area contributed by atoms with Crippen molar-refractivity contribution in [2.24, 2.45) is 0 Å². The molecule has 50 valence electrons. The van der Waals surface area contributed by atoms with Crippen molar-refractivity contribution in [2.45, 2.75) is 20.3 Å². The summed E-state index contributed by atoms with van der Waals surface area (Å²) >= 11 is 0. The minimum Gasteiger partial charge on any atom is -1.00 e. The summed E-state index contributed by atoms with van der Waals surface area (Å²) in [6, 6.07) is 0. The Balaban J connectivity index is 0. The van der Waals surface area contributed by atoms with Gasteiger partial charge in [0.15, 0.2) is 0 Å². The maximum Gasteiger partial charge on any atom is 0.0885 e. The van der Waals surface area contributed by atoms with E-state index in [-0.39, 0.29) is 17.0 Å². The monoisotopic (exact) mass is 179 g/mol. The summed E-state index contributed by atoms with van der Waals surface area (Å²) in [5.74, 6) is 0.